The molecule has 0 radical (unpaired) electrons. The van der Waals surface area contributed by atoms with Gasteiger partial charge in [-0.05, 0) is 33.6 Å². The highest BCUT2D eigenvalue weighted by Gasteiger charge is 2.51. The summed E-state index contributed by atoms with van der Waals surface area (Å²) in [6.07, 6.45) is 3.19. The lowest BCUT2D eigenvalue weighted by molar-refractivity contribution is -0.159. The Kier molecular flexibility index (Phi) is 5.53. The number of hydrogen-bond acceptors (Lipinski definition) is 6. The van der Waals surface area contributed by atoms with Crippen molar-refractivity contribution in [3.8, 4) is 0 Å². The number of aryl methyl sites for hydroxylation is 2. The van der Waals surface area contributed by atoms with Crippen molar-refractivity contribution in [3.63, 3.8) is 0 Å². The Morgan fingerprint density at radius 2 is 1.75 bits per heavy atom. The van der Waals surface area contributed by atoms with Crippen LogP contribution in [0.1, 0.15) is 44.0 Å². The van der Waals surface area contributed by atoms with E-state index in [1.54, 1.807) is 18.7 Å². The molecule has 2 fully saturated rings. The molecule has 1 saturated carbocycles. The second kappa shape index (κ2) is 7.73. The highest BCUT2D eigenvalue weighted by molar-refractivity contribution is 6.08. The van der Waals surface area contributed by atoms with Crippen LogP contribution in [0.25, 0.3) is 0 Å². The van der Waals surface area contributed by atoms with Crippen LogP contribution in [0.15, 0.2) is 0 Å². The minimum atomic E-state index is -1.04. The van der Waals surface area contributed by atoms with E-state index in [0.717, 1.165) is 23.4 Å². The van der Waals surface area contributed by atoms with Gasteiger partial charge in [-0.15, -0.1) is 0 Å². The van der Waals surface area contributed by atoms with Crippen molar-refractivity contribution in [2.75, 3.05) is 11.9 Å². The molecule has 3 amide bonds. The summed E-state index contributed by atoms with van der Waals surface area (Å²) in [5, 5.41) is 6.88. The largest absolute Gasteiger partial charge is 0.454 e. The Morgan fingerprint density at radius 1 is 1.18 bits per heavy atom. The Hall–Kier alpha value is -2.71. The van der Waals surface area contributed by atoms with Crippen LogP contribution in [0.5, 0.6) is 0 Å². The summed E-state index contributed by atoms with van der Waals surface area (Å²) >= 11 is 0. The van der Waals surface area contributed by atoms with Gasteiger partial charge in [-0.3, -0.25) is 24.0 Å². The molecule has 1 aliphatic heterocycles. The van der Waals surface area contributed by atoms with Gasteiger partial charge >= 0.3 is 5.97 Å². The maximum atomic E-state index is 12.6. The summed E-state index contributed by atoms with van der Waals surface area (Å²) < 4.78 is 6.70. The van der Waals surface area contributed by atoms with Crippen molar-refractivity contribution in [1.82, 2.24) is 14.7 Å². The van der Waals surface area contributed by atoms with Crippen LogP contribution in [-0.2, 0) is 31.0 Å². The first kappa shape index (κ1) is 20.0. The first-order valence-electron chi connectivity index (χ1n) is 9.56. The van der Waals surface area contributed by atoms with Gasteiger partial charge in [0.15, 0.2) is 6.61 Å². The summed E-state index contributed by atoms with van der Waals surface area (Å²) in [6, 6.07) is -1.04. The van der Waals surface area contributed by atoms with Crippen LogP contribution in [0.3, 0.4) is 0 Å². The molecule has 2 aliphatic rings. The van der Waals surface area contributed by atoms with E-state index in [9.17, 15) is 19.2 Å². The fourth-order valence-corrected chi connectivity index (χ4v) is 4.06. The molecule has 9 heteroatoms. The fourth-order valence-electron chi connectivity index (χ4n) is 4.06. The van der Waals surface area contributed by atoms with Crippen molar-refractivity contribution < 1.29 is 23.9 Å². The van der Waals surface area contributed by atoms with E-state index in [-0.39, 0.29) is 23.7 Å². The molecular formula is C19H26N4O5. The molecule has 1 aromatic rings. The Balaban J connectivity index is 1.58. The van der Waals surface area contributed by atoms with E-state index in [1.165, 1.54) is 6.92 Å². The van der Waals surface area contributed by atoms with Gasteiger partial charge in [-0.2, -0.15) is 5.10 Å². The van der Waals surface area contributed by atoms with Crippen LogP contribution in [0.2, 0.25) is 0 Å². The molecule has 3 atom stereocenters. The highest BCUT2D eigenvalue weighted by atomic mass is 16.5. The van der Waals surface area contributed by atoms with E-state index >= 15 is 0 Å². The number of amides is 3. The third-order valence-corrected chi connectivity index (χ3v) is 5.72. The van der Waals surface area contributed by atoms with Gasteiger partial charge in [-0.25, -0.2) is 4.79 Å². The second-order valence-corrected chi connectivity index (χ2v) is 7.55. The Bertz CT molecular complexity index is 807. The monoisotopic (exact) mass is 390 g/mol. The number of carbonyl (C=O) groups excluding carboxylic acids is 4. The number of nitrogens with zero attached hydrogens (tertiary/aromatic N) is 3. The van der Waals surface area contributed by atoms with E-state index in [0.29, 0.717) is 24.2 Å². The predicted octanol–water partition coefficient (Wildman–Crippen LogP) is 1.08. The number of imide groups is 1. The lowest BCUT2D eigenvalue weighted by Gasteiger charge is -2.21. The Labute approximate surface area is 163 Å². The molecular weight excluding hydrogens is 364 g/mol. The summed E-state index contributed by atoms with van der Waals surface area (Å²) in [7, 11) is 1.77. The highest BCUT2D eigenvalue weighted by Crippen LogP contribution is 2.38. The summed E-state index contributed by atoms with van der Waals surface area (Å²) in [4.78, 5) is 50.6. The molecule has 0 aromatic carbocycles. The molecule has 9 nitrogen and oxygen atoms in total. The van der Waals surface area contributed by atoms with Crippen molar-refractivity contribution in [3.05, 3.63) is 11.4 Å². The van der Waals surface area contributed by atoms with Crippen molar-refractivity contribution in [2.24, 2.45) is 18.9 Å². The van der Waals surface area contributed by atoms with Crippen molar-refractivity contribution >= 4 is 29.4 Å². The molecule has 1 N–H and O–H groups in total. The minimum Gasteiger partial charge on any atom is -0.454 e. The van der Waals surface area contributed by atoms with Crippen molar-refractivity contribution in [1.29, 1.82) is 0 Å². The molecule has 0 unspecified atom stereocenters. The standard InChI is InChI=1S/C19H26N4O5/c1-10-16(11(2)22(4)21-10)20-15(24)9-28-19(27)12(3)23-17(25)13-7-5-6-8-14(13)18(23)26/h12-14H,5-9H2,1-4H3,(H,20,24)/t12-,13+,14+/m0/s1. The molecule has 1 saturated heterocycles. The van der Waals surface area contributed by atoms with E-state index in [4.69, 9.17) is 4.74 Å². The van der Waals surface area contributed by atoms with Gasteiger partial charge < -0.3 is 10.1 Å². The van der Waals surface area contributed by atoms with Crippen LogP contribution >= 0.6 is 0 Å². The van der Waals surface area contributed by atoms with Crippen molar-refractivity contribution in [2.45, 2.75) is 52.5 Å². The first-order valence-corrected chi connectivity index (χ1v) is 9.56. The van der Waals surface area contributed by atoms with Gasteiger partial charge in [0.2, 0.25) is 11.8 Å². The molecule has 28 heavy (non-hydrogen) atoms. The minimum absolute atomic E-state index is 0.301. The molecule has 152 valence electrons. The van der Waals surface area contributed by atoms with Gasteiger partial charge in [0, 0.05) is 7.05 Å². The third kappa shape index (κ3) is 3.53. The van der Waals surface area contributed by atoms with Crippen LogP contribution < -0.4 is 5.32 Å². The van der Waals surface area contributed by atoms with E-state index < -0.39 is 24.5 Å². The quantitative estimate of drug-likeness (QED) is 0.595. The number of nitrogens with one attached hydrogen (secondary N) is 1. The summed E-state index contributed by atoms with van der Waals surface area (Å²) in [5.41, 5.74) is 2.01. The topological polar surface area (TPSA) is 111 Å². The Morgan fingerprint density at radius 3 is 2.25 bits per heavy atom. The molecule has 2 heterocycles. The predicted molar refractivity (Wildman–Crippen MR) is 99.0 cm³/mol. The number of aromatic nitrogens is 2. The molecule has 1 aliphatic carbocycles. The second-order valence-electron chi connectivity index (χ2n) is 7.55. The number of ether oxygens (including phenoxy) is 1. The van der Waals surface area contributed by atoms with Crippen LogP contribution in [0, 0.1) is 25.7 Å². The zero-order valence-corrected chi connectivity index (χ0v) is 16.7. The third-order valence-electron chi connectivity index (χ3n) is 5.72. The molecule has 1 aromatic heterocycles. The van der Waals surface area contributed by atoms with Gasteiger partial charge in [-0.1, -0.05) is 12.8 Å². The smallest absolute Gasteiger partial charge is 0.329 e. The average Bonchev–Trinajstić information content (AvgIpc) is 3.06. The van der Waals surface area contributed by atoms with Crippen LogP contribution in [0.4, 0.5) is 5.69 Å². The maximum Gasteiger partial charge on any atom is 0.329 e. The number of hydrogen-bond donors (Lipinski definition) is 1. The average molecular weight is 390 g/mol. The summed E-state index contributed by atoms with van der Waals surface area (Å²) in [6.45, 7) is 4.54. The zero-order valence-electron chi connectivity index (χ0n) is 16.7. The maximum absolute atomic E-state index is 12.6. The lowest BCUT2D eigenvalue weighted by atomic mass is 9.81. The normalized spacial score (nSPS) is 22.8. The first-order chi connectivity index (χ1) is 13.2. The van der Waals surface area contributed by atoms with E-state index in [2.05, 4.69) is 10.4 Å². The number of carbonyl (C=O) groups is 4. The number of rotatable bonds is 5. The lowest BCUT2D eigenvalue weighted by Crippen LogP contribution is -2.45. The SMILES string of the molecule is Cc1nn(C)c(C)c1NC(=O)COC(=O)[C@H](C)N1C(=O)[C@@H]2CCCC[C@H]2C1=O. The van der Waals surface area contributed by atoms with E-state index in [1.807, 2.05) is 6.92 Å². The number of likely N-dealkylation sites (tertiary alicyclic amines) is 1. The van der Waals surface area contributed by atoms with Crippen LogP contribution in [-0.4, -0.2) is 51.0 Å². The number of esters is 1. The number of fused-ring (bicyclic) bond motifs is 1. The molecule has 0 bridgehead atoms. The molecule has 0 spiro atoms. The van der Waals surface area contributed by atoms with Gasteiger partial charge in [0.05, 0.1) is 28.9 Å². The zero-order chi connectivity index (χ0) is 20.6. The summed E-state index contributed by atoms with van der Waals surface area (Å²) in [5.74, 6) is -2.52. The number of anilines is 1. The molecule has 3 rings (SSSR count). The van der Waals surface area contributed by atoms with Gasteiger partial charge in [0.1, 0.15) is 6.04 Å². The van der Waals surface area contributed by atoms with Gasteiger partial charge in [0.25, 0.3) is 5.91 Å². The fraction of sp³-hybridized carbons (Fsp3) is 0.632.